The first-order valence-corrected chi connectivity index (χ1v) is 8.88. The summed E-state index contributed by atoms with van der Waals surface area (Å²) in [5.41, 5.74) is 0. The van der Waals surface area contributed by atoms with Crippen molar-refractivity contribution < 1.29 is 13.2 Å². The van der Waals surface area contributed by atoms with Crippen molar-refractivity contribution in [3.63, 3.8) is 0 Å². The first-order chi connectivity index (χ1) is 9.34. The molecule has 21 heavy (non-hydrogen) atoms. The normalized spacial score (nSPS) is 22.4. The van der Waals surface area contributed by atoms with Crippen LogP contribution >= 0.6 is 12.4 Å². The predicted molar refractivity (Wildman–Crippen MR) is 87.2 cm³/mol. The number of sulfonamides is 1. The third-order valence-corrected chi connectivity index (χ3v) is 5.12. The monoisotopic (exact) mass is 341 g/mol. The van der Waals surface area contributed by atoms with Gasteiger partial charge in [-0.05, 0) is 38.6 Å². The zero-order valence-electron chi connectivity index (χ0n) is 13.1. The van der Waals surface area contributed by atoms with Crippen molar-refractivity contribution in [2.75, 3.05) is 32.9 Å². The van der Waals surface area contributed by atoms with Gasteiger partial charge in [-0.1, -0.05) is 6.92 Å². The van der Waals surface area contributed by atoms with Crippen LogP contribution in [-0.4, -0.2) is 58.2 Å². The second-order valence-corrected chi connectivity index (χ2v) is 7.51. The van der Waals surface area contributed by atoms with Crippen LogP contribution in [0.5, 0.6) is 0 Å². The second-order valence-electron chi connectivity index (χ2n) is 5.75. The lowest BCUT2D eigenvalue weighted by molar-refractivity contribution is -0.127. The molecule has 6 nitrogen and oxygen atoms in total. The molecule has 0 aliphatic heterocycles. The number of carbonyl (C=O) groups is 1. The lowest BCUT2D eigenvalue weighted by atomic mass is 9.88. The summed E-state index contributed by atoms with van der Waals surface area (Å²) >= 11 is 0. The second kappa shape index (κ2) is 9.61. The van der Waals surface area contributed by atoms with Crippen LogP contribution in [0.3, 0.4) is 0 Å². The van der Waals surface area contributed by atoms with Crippen LogP contribution in [0, 0.1) is 5.92 Å². The van der Waals surface area contributed by atoms with Gasteiger partial charge in [0.05, 0.1) is 0 Å². The number of hydrogen-bond acceptors (Lipinski definition) is 4. The highest BCUT2D eigenvalue weighted by Crippen LogP contribution is 2.23. The third kappa shape index (κ3) is 7.99. The summed E-state index contributed by atoms with van der Waals surface area (Å²) in [5, 5.41) is 2.93. The fraction of sp³-hybridized carbons (Fsp3) is 0.923. The van der Waals surface area contributed by atoms with E-state index in [0.29, 0.717) is 19.0 Å². The average Bonchev–Trinajstić information content (AvgIpc) is 2.37. The molecule has 0 bridgehead atoms. The molecule has 0 saturated heterocycles. The number of rotatable bonds is 7. The van der Waals surface area contributed by atoms with Gasteiger partial charge in [0.2, 0.25) is 15.9 Å². The number of amides is 1. The first kappa shape index (κ1) is 20.6. The number of carbonyl (C=O) groups excluding carboxylic acids is 1. The van der Waals surface area contributed by atoms with E-state index in [9.17, 15) is 13.2 Å². The summed E-state index contributed by atoms with van der Waals surface area (Å²) in [6.45, 7) is 3.34. The molecular weight excluding hydrogens is 314 g/mol. The molecule has 1 rings (SSSR count). The van der Waals surface area contributed by atoms with Crippen LogP contribution in [0.2, 0.25) is 0 Å². The minimum absolute atomic E-state index is 0. The summed E-state index contributed by atoms with van der Waals surface area (Å²) in [5.74, 6) is -0.152. The van der Waals surface area contributed by atoms with Gasteiger partial charge < -0.3 is 10.2 Å². The van der Waals surface area contributed by atoms with Crippen molar-refractivity contribution in [3.05, 3.63) is 0 Å². The summed E-state index contributed by atoms with van der Waals surface area (Å²) in [6.07, 6.45) is 3.82. The van der Waals surface area contributed by atoms with Crippen molar-refractivity contribution in [3.8, 4) is 0 Å². The first-order valence-electron chi connectivity index (χ1n) is 7.22. The largest absolute Gasteiger partial charge is 0.344 e. The van der Waals surface area contributed by atoms with Gasteiger partial charge in [-0.15, -0.1) is 12.4 Å². The van der Waals surface area contributed by atoms with Crippen molar-refractivity contribution in [2.24, 2.45) is 5.92 Å². The van der Waals surface area contributed by atoms with Crippen LogP contribution < -0.4 is 10.0 Å². The van der Waals surface area contributed by atoms with E-state index >= 15 is 0 Å². The van der Waals surface area contributed by atoms with Crippen molar-refractivity contribution >= 4 is 28.3 Å². The average molecular weight is 342 g/mol. The Morgan fingerprint density at radius 3 is 2.33 bits per heavy atom. The van der Waals surface area contributed by atoms with Crippen LogP contribution in [0.25, 0.3) is 0 Å². The molecule has 0 aromatic heterocycles. The molecule has 1 amide bonds. The van der Waals surface area contributed by atoms with Gasteiger partial charge in [-0.25, -0.2) is 13.1 Å². The van der Waals surface area contributed by atoms with Crippen LogP contribution in [0.1, 0.15) is 32.6 Å². The lowest BCUT2D eigenvalue weighted by Crippen LogP contribution is -2.43. The maximum atomic E-state index is 12.0. The maximum Gasteiger partial charge on any atom is 0.238 e. The van der Waals surface area contributed by atoms with E-state index in [4.69, 9.17) is 0 Å². The van der Waals surface area contributed by atoms with Gasteiger partial charge in [0.15, 0.2) is 0 Å². The Morgan fingerprint density at radius 1 is 1.24 bits per heavy atom. The van der Waals surface area contributed by atoms with Crippen LogP contribution in [0.4, 0.5) is 0 Å². The Balaban J connectivity index is 0.00000400. The third-order valence-electron chi connectivity index (χ3n) is 3.80. The molecule has 1 aliphatic carbocycles. The molecule has 0 aromatic rings. The molecule has 0 aromatic carbocycles. The van der Waals surface area contributed by atoms with Crippen LogP contribution in [0.15, 0.2) is 0 Å². The standard InChI is InChI=1S/C13H27N3O3S.ClH/c1-11-4-6-12(7-5-11)15-20(18,19)10-13(17)16(3)9-8-14-2;/h11-12,14-15H,4-10H2,1-3H3;1H. The van der Waals surface area contributed by atoms with Gasteiger partial charge in [0, 0.05) is 26.2 Å². The lowest BCUT2D eigenvalue weighted by Gasteiger charge is -2.27. The summed E-state index contributed by atoms with van der Waals surface area (Å²) < 4.78 is 26.7. The van der Waals surface area contributed by atoms with Crippen molar-refractivity contribution in [2.45, 2.75) is 38.6 Å². The fourth-order valence-corrected chi connectivity index (χ4v) is 3.72. The highest BCUT2D eigenvalue weighted by molar-refractivity contribution is 7.90. The van der Waals surface area contributed by atoms with E-state index in [1.165, 1.54) is 4.90 Å². The number of likely N-dealkylation sites (N-methyl/N-ethyl adjacent to an activating group) is 2. The zero-order valence-corrected chi connectivity index (χ0v) is 14.7. The molecular formula is C13H28ClN3O3S. The van der Waals surface area contributed by atoms with E-state index in [2.05, 4.69) is 17.0 Å². The summed E-state index contributed by atoms with van der Waals surface area (Å²) in [6, 6.07) is -0.00776. The molecule has 0 spiro atoms. The van der Waals surface area contributed by atoms with E-state index < -0.39 is 15.8 Å². The van der Waals surface area contributed by atoms with Gasteiger partial charge in [-0.3, -0.25) is 4.79 Å². The number of hydrogen-bond donors (Lipinski definition) is 2. The Morgan fingerprint density at radius 2 is 1.81 bits per heavy atom. The molecule has 1 fully saturated rings. The molecule has 2 N–H and O–H groups in total. The minimum atomic E-state index is -3.53. The number of halogens is 1. The Labute approximate surface area is 134 Å². The molecule has 0 unspecified atom stereocenters. The van der Waals surface area contributed by atoms with E-state index in [1.54, 1.807) is 14.1 Å². The molecule has 0 radical (unpaired) electrons. The topological polar surface area (TPSA) is 78.5 Å². The van der Waals surface area contributed by atoms with E-state index in [0.717, 1.165) is 25.7 Å². The highest BCUT2D eigenvalue weighted by atomic mass is 35.5. The quantitative estimate of drug-likeness (QED) is 0.710. The SMILES string of the molecule is CNCCN(C)C(=O)CS(=O)(=O)NC1CCC(C)CC1.Cl. The molecule has 0 heterocycles. The van der Waals surface area contributed by atoms with E-state index in [1.807, 2.05) is 0 Å². The van der Waals surface area contributed by atoms with E-state index in [-0.39, 0.29) is 24.4 Å². The minimum Gasteiger partial charge on any atom is -0.344 e. The highest BCUT2D eigenvalue weighted by Gasteiger charge is 2.25. The molecule has 1 aliphatic rings. The van der Waals surface area contributed by atoms with Crippen LogP contribution in [-0.2, 0) is 14.8 Å². The maximum absolute atomic E-state index is 12.0. The number of nitrogens with zero attached hydrogens (tertiary/aromatic N) is 1. The van der Waals surface area contributed by atoms with Gasteiger partial charge in [0.25, 0.3) is 0 Å². The van der Waals surface area contributed by atoms with Gasteiger partial charge in [-0.2, -0.15) is 0 Å². The van der Waals surface area contributed by atoms with Crippen molar-refractivity contribution in [1.82, 2.24) is 14.9 Å². The smallest absolute Gasteiger partial charge is 0.238 e. The Bertz CT molecular complexity index is 409. The Kier molecular flexibility index (Phi) is 9.44. The summed E-state index contributed by atoms with van der Waals surface area (Å²) in [4.78, 5) is 13.3. The predicted octanol–water partition coefficient (Wildman–Crippen LogP) is 0.584. The van der Waals surface area contributed by atoms with Gasteiger partial charge in [0.1, 0.15) is 5.75 Å². The summed E-state index contributed by atoms with van der Waals surface area (Å²) in [7, 11) is -0.115. The van der Waals surface area contributed by atoms with Crippen molar-refractivity contribution in [1.29, 1.82) is 0 Å². The molecule has 126 valence electrons. The Hall–Kier alpha value is -0.370. The molecule has 1 saturated carbocycles. The van der Waals surface area contributed by atoms with Gasteiger partial charge >= 0.3 is 0 Å². The number of nitrogens with one attached hydrogen (secondary N) is 2. The molecule has 0 atom stereocenters. The zero-order chi connectivity index (χ0) is 15.2. The fourth-order valence-electron chi connectivity index (χ4n) is 2.35. The molecule has 8 heteroatoms.